The van der Waals surface area contributed by atoms with E-state index in [1.807, 2.05) is 0 Å². The van der Waals surface area contributed by atoms with Crippen LogP contribution >= 0.6 is 0 Å². The van der Waals surface area contributed by atoms with Crippen LogP contribution in [0.2, 0.25) is 0 Å². The van der Waals surface area contributed by atoms with Crippen molar-refractivity contribution in [3.05, 3.63) is 0 Å². The summed E-state index contributed by atoms with van der Waals surface area (Å²) < 4.78 is 91.3. The molecule has 0 saturated heterocycles. The number of hydrogen-bond donors (Lipinski definition) is 0. The zero-order chi connectivity index (χ0) is 10.9. The van der Waals surface area contributed by atoms with Crippen LogP contribution < -0.4 is 0 Å². The van der Waals surface area contributed by atoms with Crippen LogP contribution in [0.5, 0.6) is 0 Å². The number of alkyl halides is 8. The Labute approximate surface area is 66.9 Å². The van der Waals surface area contributed by atoms with Crippen LogP contribution in [0.25, 0.3) is 0 Å². The Bertz CT molecular complexity index is 143. The molecule has 9 heteroatoms. The summed E-state index contributed by atoms with van der Waals surface area (Å²) >= 11 is 0. The fraction of sp³-hybridized carbons (Fsp3) is 1.00. The Kier molecular flexibility index (Phi) is 3.47. The molecule has 1 nitrogen and oxygen atoms in total. The minimum atomic E-state index is -5.84. The minimum Gasteiger partial charge on any atom is -0.209 e. The van der Waals surface area contributed by atoms with Crippen molar-refractivity contribution in [2.24, 2.45) is 0 Å². The van der Waals surface area contributed by atoms with Gasteiger partial charge in [-0.1, -0.05) is 0 Å². The molecule has 0 atom stereocenters. The van der Waals surface area contributed by atoms with E-state index < -0.39 is 30.5 Å². The number of rotatable bonds is 2. The predicted octanol–water partition coefficient (Wildman–Crippen LogP) is 2.59. The monoisotopic (exact) mass is 217 g/mol. The minimum absolute atomic E-state index is 2.18. The maximum atomic E-state index is 11.4. The third kappa shape index (κ3) is 4.25. The summed E-state index contributed by atoms with van der Waals surface area (Å²) in [6.45, 7) is -2.41. The van der Waals surface area contributed by atoms with Crippen molar-refractivity contribution in [2.75, 3.05) is 6.54 Å². The van der Waals surface area contributed by atoms with Crippen molar-refractivity contribution < 1.29 is 35.1 Å². The first-order valence-corrected chi connectivity index (χ1v) is 2.74. The molecule has 0 aromatic rings. The van der Waals surface area contributed by atoms with E-state index in [1.54, 1.807) is 0 Å². The highest BCUT2D eigenvalue weighted by atomic mass is 19.4. The SMILES string of the molecule is FC(F)CN(C(F)(F)F)C(F)(F)F. The molecule has 0 aliphatic carbocycles. The Hall–Kier alpha value is -0.600. The molecule has 0 heterocycles. The molecule has 0 unspecified atom stereocenters. The molecule has 0 fully saturated rings. The van der Waals surface area contributed by atoms with Crippen molar-refractivity contribution >= 4 is 0 Å². The number of halogens is 8. The van der Waals surface area contributed by atoms with Gasteiger partial charge in [-0.25, -0.2) is 8.78 Å². The standard InChI is InChI=1S/C4H3F8N/c5-2(6)1-13(3(7,8)9)4(10,11)12/h2H,1H2. The highest BCUT2D eigenvalue weighted by molar-refractivity contribution is 4.64. The van der Waals surface area contributed by atoms with Crippen LogP contribution in [0.15, 0.2) is 0 Å². The van der Waals surface area contributed by atoms with E-state index in [4.69, 9.17) is 0 Å². The molecule has 13 heavy (non-hydrogen) atoms. The van der Waals surface area contributed by atoms with Crippen LogP contribution in [0, 0.1) is 0 Å². The van der Waals surface area contributed by atoms with Crippen molar-refractivity contribution in [1.29, 1.82) is 0 Å². The van der Waals surface area contributed by atoms with Gasteiger partial charge in [0.1, 0.15) is 0 Å². The smallest absolute Gasteiger partial charge is 0.209 e. The van der Waals surface area contributed by atoms with Crippen molar-refractivity contribution in [2.45, 2.75) is 19.0 Å². The topological polar surface area (TPSA) is 3.24 Å². The third-order valence-electron chi connectivity index (χ3n) is 0.933. The molecule has 0 aliphatic rings. The molecular weight excluding hydrogens is 214 g/mol. The third-order valence-corrected chi connectivity index (χ3v) is 0.933. The van der Waals surface area contributed by atoms with Gasteiger partial charge in [0.2, 0.25) is 0 Å². The predicted molar refractivity (Wildman–Crippen MR) is 24.8 cm³/mol. The van der Waals surface area contributed by atoms with E-state index in [2.05, 4.69) is 0 Å². The molecule has 0 rings (SSSR count). The maximum Gasteiger partial charge on any atom is 0.467 e. The first-order chi connectivity index (χ1) is 5.55. The van der Waals surface area contributed by atoms with E-state index in [9.17, 15) is 35.1 Å². The lowest BCUT2D eigenvalue weighted by Gasteiger charge is -2.25. The van der Waals surface area contributed by atoms with E-state index in [1.165, 1.54) is 0 Å². The summed E-state index contributed by atoms with van der Waals surface area (Å²) in [5, 5.41) is 0. The number of nitrogens with zero attached hydrogens (tertiary/aromatic N) is 1. The van der Waals surface area contributed by atoms with Crippen molar-refractivity contribution in [3.8, 4) is 0 Å². The summed E-state index contributed by atoms with van der Waals surface area (Å²) in [4.78, 5) is -2.18. The second kappa shape index (κ2) is 3.64. The quantitative estimate of drug-likeness (QED) is 0.507. The summed E-state index contributed by atoms with van der Waals surface area (Å²) in [5.41, 5.74) is 0. The lowest BCUT2D eigenvalue weighted by atomic mass is 10.6. The van der Waals surface area contributed by atoms with Gasteiger partial charge in [0.25, 0.3) is 6.43 Å². The molecule has 0 N–H and O–H groups in total. The molecule has 80 valence electrons. The van der Waals surface area contributed by atoms with Crippen molar-refractivity contribution in [1.82, 2.24) is 4.90 Å². The first-order valence-electron chi connectivity index (χ1n) is 2.74. The summed E-state index contributed by atoms with van der Waals surface area (Å²) in [5.74, 6) is 0. The second-order valence-electron chi connectivity index (χ2n) is 1.94. The Morgan fingerprint density at radius 2 is 1.15 bits per heavy atom. The largest absolute Gasteiger partial charge is 0.467 e. The van der Waals surface area contributed by atoms with Crippen molar-refractivity contribution in [3.63, 3.8) is 0 Å². The van der Waals surface area contributed by atoms with Gasteiger partial charge in [-0.15, -0.1) is 4.90 Å². The van der Waals surface area contributed by atoms with Gasteiger partial charge >= 0.3 is 12.6 Å². The molecule has 0 aromatic heterocycles. The van der Waals surface area contributed by atoms with Crippen LogP contribution in [-0.4, -0.2) is 30.5 Å². The van der Waals surface area contributed by atoms with E-state index in [-0.39, 0.29) is 0 Å². The Morgan fingerprint density at radius 3 is 1.23 bits per heavy atom. The fourth-order valence-corrected chi connectivity index (χ4v) is 0.489. The molecule has 0 radical (unpaired) electrons. The fourth-order valence-electron chi connectivity index (χ4n) is 0.489. The van der Waals surface area contributed by atoms with E-state index in [0.29, 0.717) is 0 Å². The van der Waals surface area contributed by atoms with Gasteiger partial charge in [-0.05, 0) is 0 Å². The molecule has 0 amide bonds. The molecule has 0 spiro atoms. The second-order valence-corrected chi connectivity index (χ2v) is 1.94. The molecule has 0 aliphatic heterocycles. The van der Waals surface area contributed by atoms with Gasteiger partial charge in [0.15, 0.2) is 0 Å². The number of hydrogen-bond acceptors (Lipinski definition) is 1. The highest BCUT2D eigenvalue weighted by Crippen LogP contribution is 2.33. The Morgan fingerprint density at radius 1 is 0.846 bits per heavy atom. The van der Waals surface area contributed by atoms with Crippen LogP contribution in [0.1, 0.15) is 0 Å². The van der Waals surface area contributed by atoms with Gasteiger partial charge in [-0.3, -0.25) is 0 Å². The van der Waals surface area contributed by atoms with Crippen LogP contribution in [0.3, 0.4) is 0 Å². The summed E-state index contributed by atoms with van der Waals surface area (Å²) in [6.07, 6.45) is -15.4. The lowest BCUT2D eigenvalue weighted by molar-refractivity contribution is -0.377. The highest BCUT2D eigenvalue weighted by Gasteiger charge is 2.54. The average Bonchev–Trinajstić information content (AvgIpc) is 1.77. The van der Waals surface area contributed by atoms with E-state index in [0.717, 1.165) is 0 Å². The zero-order valence-electron chi connectivity index (χ0n) is 5.76. The maximum absolute atomic E-state index is 11.4. The first kappa shape index (κ1) is 12.4. The van der Waals surface area contributed by atoms with Crippen LogP contribution in [-0.2, 0) is 0 Å². The molecular formula is C4H3F8N. The average molecular weight is 217 g/mol. The zero-order valence-corrected chi connectivity index (χ0v) is 5.76. The normalized spacial score (nSPS) is 14.3. The molecule has 0 aromatic carbocycles. The molecule has 0 bridgehead atoms. The molecule has 0 saturated carbocycles. The Balaban J connectivity index is 4.58. The lowest BCUT2D eigenvalue weighted by Crippen LogP contribution is -2.50. The summed E-state index contributed by atoms with van der Waals surface area (Å²) in [6, 6.07) is 0. The summed E-state index contributed by atoms with van der Waals surface area (Å²) in [7, 11) is 0. The van der Waals surface area contributed by atoms with Crippen LogP contribution in [0.4, 0.5) is 35.1 Å². The van der Waals surface area contributed by atoms with Gasteiger partial charge < -0.3 is 0 Å². The van der Waals surface area contributed by atoms with Gasteiger partial charge in [0.05, 0.1) is 6.54 Å². The van der Waals surface area contributed by atoms with E-state index >= 15 is 0 Å². The van der Waals surface area contributed by atoms with Gasteiger partial charge in [-0.2, -0.15) is 26.3 Å². The van der Waals surface area contributed by atoms with Gasteiger partial charge in [0, 0.05) is 0 Å².